The zero-order valence-electron chi connectivity index (χ0n) is 11.6. The standard InChI is InChI=1S/C14H21N5/c1-3-19-6-4-12(5-7-19)18(2)14-13(16)8-11(9-15)10-17-14/h8,10,12H,3-7,16H2,1-2H3. The molecule has 0 aliphatic carbocycles. The van der Waals surface area contributed by atoms with Gasteiger partial charge in [0.15, 0.2) is 5.82 Å². The van der Waals surface area contributed by atoms with Gasteiger partial charge in [0, 0.05) is 32.4 Å². The second kappa shape index (κ2) is 5.89. The minimum absolute atomic E-state index is 0.477. The van der Waals surface area contributed by atoms with Crippen LogP contribution in [0.1, 0.15) is 25.3 Å². The van der Waals surface area contributed by atoms with E-state index in [1.54, 1.807) is 12.3 Å². The zero-order valence-corrected chi connectivity index (χ0v) is 11.6. The number of hydrogen-bond acceptors (Lipinski definition) is 5. The summed E-state index contributed by atoms with van der Waals surface area (Å²) in [7, 11) is 2.04. The molecule has 0 spiro atoms. The first-order valence-electron chi connectivity index (χ1n) is 6.76. The quantitative estimate of drug-likeness (QED) is 0.890. The van der Waals surface area contributed by atoms with Gasteiger partial charge >= 0.3 is 0 Å². The van der Waals surface area contributed by atoms with Gasteiger partial charge < -0.3 is 15.5 Å². The van der Waals surface area contributed by atoms with E-state index in [9.17, 15) is 0 Å². The number of piperidine rings is 1. The van der Waals surface area contributed by atoms with Crippen molar-refractivity contribution < 1.29 is 0 Å². The van der Waals surface area contributed by atoms with Crippen molar-refractivity contribution in [2.24, 2.45) is 0 Å². The summed E-state index contributed by atoms with van der Waals surface area (Å²) in [6.07, 6.45) is 3.85. The first-order chi connectivity index (χ1) is 9.15. The van der Waals surface area contributed by atoms with Gasteiger partial charge in [-0.3, -0.25) is 0 Å². The van der Waals surface area contributed by atoms with Crippen LogP contribution in [0.3, 0.4) is 0 Å². The van der Waals surface area contributed by atoms with Gasteiger partial charge in [0.2, 0.25) is 0 Å². The normalized spacial score (nSPS) is 17.1. The second-order valence-corrected chi connectivity index (χ2v) is 5.02. The number of pyridine rings is 1. The van der Waals surface area contributed by atoms with Crippen LogP contribution in [-0.4, -0.2) is 42.6 Å². The maximum atomic E-state index is 8.83. The number of hydrogen-bond donors (Lipinski definition) is 1. The Bertz CT molecular complexity index is 471. The molecule has 1 aliphatic rings. The summed E-state index contributed by atoms with van der Waals surface area (Å²) in [5, 5.41) is 8.83. The summed E-state index contributed by atoms with van der Waals surface area (Å²) >= 11 is 0. The molecule has 5 nitrogen and oxygen atoms in total. The SMILES string of the molecule is CCN1CCC(N(C)c2ncc(C#N)cc2N)CC1. The average molecular weight is 259 g/mol. The van der Waals surface area contributed by atoms with Crippen molar-refractivity contribution in [2.45, 2.75) is 25.8 Å². The molecular weight excluding hydrogens is 238 g/mol. The lowest BCUT2D eigenvalue weighted by Crippen LogP contribution is -2.43. The molecule has 1 saturated heterocycles. The van der Waals surface area contributed by atoms with Crippen molar-refractivity contribution in [1.82, 2.24) is 9.88 Å². The van der Waals surface area contributed by atoms with E-state index in [1.165, 1.54) is 0 Å². The topological polar surface area (TPSA) is 69.2 Å². The Kier molecular flexibility index (Phi) is 4.23. The van der Waals surface area contributed by atoms with Crippen molar-refractivity contribution in [2.75, 3.05) is 37.3 Å². The van der Waals surface area contributed by atoms with E-state index in [1.807, 2.05) is 7.05 Å². The number of nitrogens with zero attached hydrogens (tertiary/aromatic N) is 4. The lowest BCUT2D eigenvalue weighted by Gasteiger charge is -2.37. The molecule has 2 heterocycles. The lowest BCUT2D eigenvalue weighted by molar-refractivity contribution is 0.220. The van der Waals surface area contributed by atoms with E-state index in [-0.39, 0.29) is 0 Å². The monoisotopic (exact) mass is 259 g/mol. The summed E-state index contributed by atoms with van der Waals surface area (Å²) in [5.74, 6) is 0.786. The molecule has 1 fully saturated rings. The minimum Gasteiger partial charge on any atom is -0.396 e. The van der Waals surface area contributed by atoms with Gasteiger partial charge in [0.25, 0.3) is 0 Å². The van der Waals surface area contributed by atoms with E-state index in [0.29, 0.717) is 17.3 Å². The maximum absolute atomic E-state index is 8.83. The van der Waals surface area contributed by atoms with Crippen molar-refractivity contribution in [3.05, 3.63) is 17.8 Å². The highest BCUT2D eigenvalue weighted by Crippen LogP contribution is 2.25. The predicted octanol–water partition coefficient (Wildman–Crippen LogP) is 1.46. The number of nitrogens with two attached hydrogens (primary N) is 1. The molecule has 0 saturated carbocycles. The number of rotatable bonds is 3. The minimum atomic E-state index is 0.477. The van der Waals surface area contributed by atoms with Crippen LogP contribution in [0.5, 0.6) is 0 Å². The summed E-state index contributed by atoms with van der Waals surface area (Å²) < 4.78 is 0. The fourth-order valence-corrected chi connectivity index (χ4v) is 2.63. The maximum Gasteiger partial charge on any atom is 0.151 e. The molecule has 0 unspecified atom stereocenters. The predicted molar refractivity (Wildman–Crippen MR) is 76.9 cm³/mol. The van der Waals surface area contributed by atoms with Crippen LogP contribution in [0.2, 0.25) is 0 Å². The van der Waals surface area contributed by atoms with Gasteiger partial charge in [-0.15, -0.1) is 0 Å². The molecule has 19 heavy (non-hydrogen) atoms. The molecular formula is C14H21N5. The molecule has 0 bridgehead atoms. The number of likely N-dealkylation sites (tertiary alicyclic amines) is 1. The van der Waals surface area contributed by atoms with Gasteiger partial charge in [0.1, 0.15) is 6.07 Å². The molecule has 0 aromatic carbocycles. The summed E-state index contributed by atoms with van der Waals surface area (Å²) in [4.78, 5) is 8.94. The number of anilines is 2. The van der Waals surface area contributed by atoms with Crippen LogP contribution < -0.4 is 10.6 Å². The Hall–Kier alpha value is -1.80. The van der Waals surface area contributed by atoms with E-state index < -0.39 is 0 Å². The van der Waals surface area contributed by atoms with E-state index >= 15 is 0 Å². The van der Waals surface area contributed by atoms with Crippen LogP contribution in [0.25, 0.3) is 0 Å². The van der Waals surface area contributed by atoms with E-state index in [2.05, 4.69) is 27.8 Å². The van der Waals surface area contributed by atoms with Crippen LogP contribution >= 0.6 is 0 Å². The average Bonchev–Trinajstić information content (AvgIpc) is 2.46. The molecule has 0 atom stereocenters. The van der Waals surface area contributed by atoms with E-state index in [4.69, 9.17) is 11.0 Å². The van der Waals surface area contributed by atoms with Crippen molar-refractivity contribution >= 4 is 11.5 Å². The first kappa shape index (κ1) is 13.6. The third-order valence-corrected chi connectivity index (χ3v) is 3.91. The van der Waals surface area contributed by atoms with Gasteiger partial charge in [-0.2, -0.15) is 5.26 Å². The Morgan fingerprint density at radius 3 is 2.74 bits per heavy atom. The Morgan fingerprint density at radius 2 is 2.21 bits per heavy atom. The van der Waals surface area contributed by atoms with Crippen molar-refractivity contribution in [3.8, 4) is 6.07 Å². The van der Waals surface area contributed by atoms with Gasteiger partial charge in [-0.1, -0.05) is 6.92 Å². The van der Waals surface area contributed by atoms with E-state index in [0.717, 1.165) is 38.3 Å². The van der Waals surface area contributed by atoms with Crippen LogP contribution in [0, 0.1) is 11.3 Å². The molecule has 2 rings (SSSR count). The van der Waals surface area contributed by atoms with Gasteiger partial charge in [0.05, 0.1) is 11.3 Å². The molecule has 1 aromatic heterocycles. The number of aromatic nitrogens is 1. The number of nitriles is 1. The Morgan fingerprint density at radius 1 is 1.53 bits per heavy atom. The highest BCUT2D eigenvalue weighted by molar-refractivity contribution is 5.64. The molecule has 5 heteroatoms. The third-order valence-electron chi connectivity index (χ3n) is 3.91. The molecule has 0 radical (unpaired) electrons. The van der Waals surface area contributed by atoms with Crippen LogP contribution in [0.15, 0.2) is 12.3 Å². The third kappa shape index (κ3) is 2.96. The Balaban J connectivity index is 2.08. The molecule has 0 amide bonds. The van der Waals surface area contributed by atoms with Gasteiger partial charge in [-0.25, -0.2) is 4.98 Å². The fourth-order valence-electron chi connectivity index (χ4n) is 2.63. The Labute approximate surface area is 114 Å². The summed E-state index contributed by atoms with van der Waals surface area (Å²) in [6, 6.07) is 4.23. The molecule has 102 valence electrons. The summed E-state index contributed by atoms with van der Waals surface area (Å²) in [6.45, 7) is 5.57. The molecule has 2 N–H and O–H groups in total. The molecule has 1 aliphatic heterocycles. The second-order valence-electron chi connectivity index (χ2n) is 5.02. The lowest BCUT2D eigenvalue weighted by atomic mass is 10.0. The summed E-state index contributed by atoms with van der Waals surface area (Å²) in [5.41, 5.74) is 7.08. The van der Waals surface area contributed by atoms with Crippen molar-refractivity contribution in [1.29, 1.82) is 5.26 Å². The number of nitrogen functional groups attached to an aromatic ring is 1. The van der Waals surface area contributed by atoms with Gasteiger partial charge in [-0.05, 0) is 25.5 Å². The largest absolute Gasteiger partial charge is 0.396 e. The molecule has 1 aromatic rings. The van der Waals surface area contributed by atoms with Crippen LogP contribution in [-0.2, 0) is 0 Å². The highest BCUT2D eigenvalue weighted by Gasteiger charge is 2.23. The highest BCUT2D eigenvalue weighted by atomic mass is 15.2. The van der Waals surface area contributed by atoms with Crippen LogP contribution in [0.4, 0.5) is 11.5 Å². The zero-order chi connectivity index (χ0) is 13.8. The fraction of sp³-hybridized carbons (Fsp3) is 0.571. The smallest absolute Gasteiger partial charge is 0.151 e. The first-order valence-corrected chi connectivity index (χ1v) is 6.76. The van der Waals surface area contributed by atoms with Crippen molar-refractivity contribution in [3.63, 3.8) is 0 Å².